The monoisotopic (exact) mass is 570 g/mol. The van der Waals surface area contributed by atoms with Gasteiger partial charge in [0.05, 0.1) is 5.56 Å². The van der Waals surface area contributed by atoms with Crippen LogP contribution in [0.1, 0.15) is 32.5 Å². The quantitative estimate of drug-likeness (QED) is 0.251. The molecule has 1 N–H and O–H groups in total. The van der Waals surface area contributed by atoms with Crippen molar-refractivity contribution in [2.75, 3.05) is 0 Å². The van der Waals surface area contributed by atoms with E-state index in [0.29, 0.717) is 48.7 Å². The minimum absolute atomic E-state index is 0.00966. The molecule has 5 rings (SSSR count). The highest BCUT2D eigenvalue weighted by atomic mass is 19.4. The molecule has 0 aliphatic heterocycles. The summed E-state index contributed by atoms with van der Waals surface area (Å²) in [5.41, 5.74) is 0.425. The Labute approximate surface area is 230 Å². The number of H-pyrrole nitrogens is 1. The number of nitrogens with one attached hydrogen (secondary N) is 1. The highest BCUT2D eigenvalue weighted by molar-refractivity contribution is 5.75. The Hall–Kier alpha value is -4.88. The van der Waals surface area contributed by atoms with E-state index in [4.69, 9.17) is 9.26 Å². The zero-order chi connectivity index (χ0) is 29.1. The van der Waals surface area contributed by atoms with E-state index in [9.17, 15) is 22.8 Å². The third kappa shape index (κ3) is 5.85. The smallest absolute Gasteiger partial charge is 0.485 e. The first-order valence-electron chi connectivity index (χ1n) is 12.8. The molecule has 3 heterocycles. The normalized spacial score (nSPS) is 11.7. The highest BCUT2D eigenvalue weighted by Crippen LogP contribution is 2.33. The summed E-state index contributed by atoms with van der Waals surface area (Å²) in [7, 11) is 0. The first-order valence-corrected chi connectivity index (χ1v) is 12.8. The second-order valence-corrected chi connectivity index (χ2v) is 9.05. The fraction of sp³-hybridized carbons (Fsp3) is 0.296. The lowest BCUT2D eigenvalue weighted by Gasteiger charge is -2.10. The Balaban J connectivity index is 1.33. The number of aryl methyl sites for hydroxylation is 1. The molecule has 214 valence electrons. The van der Waals surface area contributed by atoms with E-state index in [2.05, 4.69) is 24.8 Å². The average Bonchev–Trinajstić information content (AvgIpc) is 3.60. The first-order chi connectivity index (χ1) is 19.7. The van der Waals surface area contributed by atoms with E-state index in [-0.39, 0.29) is 35.1 Å². The number of aromatic amines is 1. The predicted octanol–water partition coefficient (Wildman–Crippen LogP) is 4.90. The molecule has 0 atom stereocenters. The summed E-state index contributed by atoms with van der Waals surface area (Å²) in [5.74, 6) is 0.367. The summed E-state index contributed by atoms with van der Waals surface area (Å²) >= 11 is 0. The molecular weight excluding hydrogens is 545 g/mol. The zero-order valence-electron chi connectivity index (χ0n) is 22.1. The predicted molar refractivity (Wildman–Crippen MR) is 141 cm³/mol. The number of imidazole rings is 1. The molecule has 2 aromatic carbocycles. The molecule has 0 saturated carbocycles. The Kier molecular flexibility index (Phi) is 7.64. The van der Waals surface area contributed by atoms with Gasteiger partial charge in [-0.25, -0.2) is 9.78 Å². The highest BCUT2D eigenvalue weighted by Gasteiger charge is 2.33. The van der Waals surface area contributed by atoms with E-state index in [0.717, 1.165) is 6.07 Å². The molecule has 41 heavy (non-hydrogen) atoms. The number of ether oxygens (including phenoxy) is 2. The molecule has 0 spiro atoms. The van der Waals surface area contributed by atoms with Crippen molar-refractivity contribution in [3.05, 3.63) is 75.2 Å². The largest absolute Gasteiger partial charge is 0.573 e. The summed E-state index contributed by atoms with van der Waals surface area (Å²) in [6, 6.07) is 12.2. The Morgan fingerprint density at radius 1 is 0.951 bits per heavy atom. The lowest BCUT2D eigenvalue weighted by Crippen LogP contribution is -2.40. The molecule has 0 fully saturated rings. The maximum Gasteiger partial charge on any atom is 0.573 e. The van der Waals surface area contributed by atoms with Crippen LogP contribution < -0.4 is 20.7 Å². The van der Waals surface area contributed by atoms with E-state index in [1.807, 2.05) is 13.8 Å². The molecule has 0 radical (unpaired) electrons. The van der Waals surface area contributed by atoms with Gasteiger partial charge in [-0.1, -0.05) is 31.1 Å². The van der Waals surface area contributed by atoms with Crippen LogP contribution in [0.5, 0.6) is 11.5 Å². The van der Waals surface area contributed by atoms with Crippen LogP contribution in [-0.2, 0) is 19.7 Å². The molecular formula is C27H25F3N6O5. The number of nitrogens with zero attached hydrogens (tertiary/aromatic N) is 5. The van der Waals surface area contributed by atoms with Crippen LogP contribution >= 0.6 is 0 Å². The van der Waals surface area contributed by atoms with Crippen molar-refractivity contribution >= 4 is 11.2 Å². The lowest BCUT2D eigenvalue weighted by molar-refractivity contribution is -0.274. The summed E-state index contributed by atoms with van der Waals surface area (Å²) in [6.45, 7) is 4.46. The Morgan fingerprint density at radius 3 is 2.37 bits per heavy atom. The number of benzene rings is 2. The average molecular weight is 571 g/mol. The van der Waals surface area contributed by atoms with Crippen molar-refractivity contribution in [3.63, 3.8) is 0 Å². The molecule has 11 nitrogen and oxygen atoms in total. The Bertz CT molecular complexity index is 1790. The minimum Gasteiger partial charge on any atom is -0.485 e. The van der Waals surface area contributed by atoms with Gasteiger partial charge in [0.2, 0.25) is 5.82 Å². The molecule has 0 aliphatic rings. The van der Waals surface area contributed by atoms with Crippen LogP contribution in [0.25, 0.3) is 34.0 Å². The van der Waals surface area contributed by atoms with E-state index < -0.39 is 17.7 Å². The van der Waals surface area contributed by atoms with Gasteiger partial charge in [0.25, 0.3) is 11.4 Å². The van der Waals surface area contributed by atoms with Gasteiger partial charge < -0.3 is 19.0 Å². The van der Waals surface area contributed by atoms with E-state index in [1.165, 1.54) is 27.3 Å². The summed E-state index contributed by atoms with van der Waals surface area (Å²) in [4.78, 5) is 37.6. The van der Waals surface area contributed by atoms with Crippen molar-refractivity contribution in [1.29, 1.82) is 0 Å². The van der Waals surface area contributed by atoms with Crippen molar-refractivity contribution in [2.24, 2.45) is 0 Å². The molecule has 0 aliphatic carbocycles. The zero-order valence-corrected chi connectivity index (χ0v) is 22.1. The van der Waals surface area contributed by atoms with Crippen molar-refractivity contribution in [1.82, 2.24) is 29.2 Å². The van der Waals surface area contributed by atoms with Gasteiger partial charge in [0.15, 0.2) is 12.3 Å². The second kappa shape index (κ2) is 11.3. The number of hydrogen-bond acceptors (Lipinski definition) is 8. The third-order valence-electron chi connectivity index (χ3n) is 6.06. The third-order valence-corrected chi connectivity index (χ3v) is 6.06. The SMILES string of the molecule is CCCn1c(=O)c2[nH]c(-c3ccc(OCc4noc(-c5ccccc5OC(F)(F)F)n4)cc3)nc2n(CCC)c1=O. The van der Waals surface area contributed by atoms with Crippen molar-refractivity contribution in [2.45, 2.75) is 52.7 Å². The van der Waals surface area contributed by atoms with E-state index >= 15 is 0 Å². The second-order valence-electron chi connectivity index (χ2n) is 9.05. The number of para-hydroxylation sites is 1. The van der Waals surface area contributed by atoms with E-state index in [1.54, 1.807) is 24.3 Å². The number of halogens is 3. The van der Waals surface area contributed by atoms with Gasteiger partial charge in [0.1, 0.15) is 22.8 Å². The Morgan fingerprint density at radius 2 is 1.66 bits per heavy atom. The number of alkyl halides is 3. The minimum atomic E-state index is -4.87. The molecule has 0 saturated heterocycles. The van der Waals surface area contributed by atoms with Gasteiger partial charge in [-0.05, 0) is 49.2 Å². The van der Waals surface area contributed by atoms with Crippen LogP contribution in [0.15, 0.2) is 62.6 Å². The summed E-state index contributed by atoms with van der Waals surface area (Å²) < 4.78 is 55.8. The molecule has 5 aromatic rings. The van der Waals surface area contributed by atoms with Crippen LogP contribution in [0.3, 0.4) is 0 Å². The van der Waals surface area contributed by atoms with Gasteiger partial charge in [-0.2, -0.15) is 4.98 Å². The van der Waals surface area contributed by atoms with Crippen molar-refractivity contribution in [3.8, 4) is 34.3 Å². The fourth-order valence-electron chi connectivity index (χ4n) is 4.29. The van der Waals surface area contributed by atoms with Gasteiger partial charge >= 0.3 is 12.1 Å². The van der Waals surface area contributed by atoms with Gasteiger partial charge in [-0.15, -0.1) is 13.2 Å². The van der Waals surface area contributed by atoms with Crippen molar-refractivity contribution < 1.29 is 27.2 Å². The van der Waals surface area contributed by atoms with Gasteiger partial charge in [0, 0.05) is 18.7 Å². The number of aromatic nitrogens is 6. The number of rotatable bonds is 10. The van der Waals surface area contributed by atoms with Crippen LogP contribution in [0, 0.1) is 0 Å². The van der Waals surface area contributed by atoms with Crippen LogP contribution in [0.4, 0.5) is 13.2 Å². The maximum absolute atomic E-state index is 13.0. The summed E-state index contributed by atoms with van der Waals surface area (Å²) in [6.07, 6.45) is -3.54. The van der Waals surface area contributed by atoms with Crippen LogP contribution in [-0.4, -0.2) is 35.6 Å². The topological polar surface area (TPSA) is 130 Å². The maximum atomic E-state index is 13.0. The number of hydrogen-bond donors (Lipinski definition) is 1. The van der Waals surface area contributed by atoms with Crippen LogP contribution in [0.2, 0.25) is 0 Å². The molecule has 14 heteroatoms. The molecule has 0 bridgehead atoms. The molecule has 3 aromatic heterocycles. The number of fused-ring (bicyclic) bond motifs is 1. The fourth-order valence-corrected chi connectivity index (χ4v) is 4.29. The first kappa shape index (κ1) is 27.7. The lowest BCUT2D eigenvalue weighted by atomic mass is 10.2. The summed E-state index contributed by atoms with van der Waals surface area (Å²) in [5, 5.41) is 3.77. The molecule has 0 unspecified atom stereocenters. The van der Waals surface area contributed by atoms with Gasteiger partial charge in [-0.3, -0.25) is 13.9 Å². The molecule has 0 amide bonds. The standard InChI is InChI=1S/C27H25F3N6O5/c1-3-13-35-23-21(25(37)36(14-4-2)26(35)38)32-22(33-23)16-9-11-17(12-10-16)39-15-20-31-24(41-34-20)18-7-5-6-8-19(18)40-27(28,29)30/h5-12H,3-4,13-15H2,1-2H3,(H,32,33).